The lowest BCUT2D eigenvalue weighted by Crippen LogP contribution is -2.32. The largest absolute Gasteiger partial charge is 0.477 e. The zero-order valence-corrected chi connectivity index (χ0v) is 61.0. The molecule has 6 fully saturated rings. The fourth-order valence-corrected chi connectivity index (χ4v) is 13.1. The van der Waals surface area contributed by atoms with Gasteiger partial charge in [0, 0.05) is 61.0 Å². The lowest BCUT2D eigenvalue weighted by Gasteiger charge is -2.28. The number of carbonyl (C=O) groups excluding carboxylic acids is 3. The third-order valence-electron chi connectivity index (χ3n) is 19.3. The number of hydrogen-bond acceptors (Lipinski definition) is 18. The van der Waals surface area contributed by atoms with E-state index >= 15 is 0 Å². The van der Waals surface area contributed by atoms with Crippen LogP contribution in [0.2, 0.25) is 0 Å². The number of anilines is 2. The molecule has 5 aromatic rings. The molecular formula is C75H113ClN8O16. The Labute approximate surface area is 593 Å². The summed E-state index contributed by atoms with van der Waals surface area (Å²) in [4.78, 5) is 104. The van der Waals surface area contributed by atoms with Gasteiger partial charge in [-0.3, -0.25) is 24.5 Å². The van der Waals surface area contributed by atoms with E-state index < -0.39 is 35.2 Å². The molecule has 1 amide bonds. The van der Waals surface area contributed by atoms with Gasteiger partial charge in [0.1, 0.15) is 28.0 Å². The number of amides is 1. The molecule has 0 atom stereocenters. The first-order chi connectivity index (χ1) is 47.0. The molecular weight excluding hydrogens is 1300 g/mol. The second kappa shape index (κ2) is 42.6. The Balaban J connectivity index is 0.000000253. The number of aliphatic hydroxyl groups is 2. The molecule has 5 aromatic heterocycles. The number of aromatic nitrogens is 4. The smallest absolute Gasteiger partial charge is 0.412 e. The number of carboxylic acids is 1. The Hall–Kier alpha value is -7.64. The van der Waals surface area contributed by atoms with Gasteiger partial charge in [-0.15, -0.1) is 12.4 Å². The van der Waals surface area contributed by atoms with Crippen molar-refractivity contribution in [2.24, 2.45) is 35.1 Å². The molecule has 11 rings (SSSR count). The highest BCUT2D eigenvalue weighted by molar-refractivity contribution is 5.89. The third kappa shape index (κ3) is 28.1. The summed E-state index contributed by atoms with van der Waals surface area (Å²) in [7, 11) is 2.50. The summed E-state index contributed by atoms with van der Waals surface area (Å²) >= 11 is 0. The molecule has 6 aliphatic carbocycles. The van der Waals surface area contributed by atoms with Crippen LogP contribution in [0.5, 0.6) is 0 Å². The average Bonchev–Trinajstić information content (AvgIpc) is 0.849. The van der Waals surface area contributed by atoms with E-state index in [1.54, 1.807) is 94.0 Å². The van der Waals surface area contributed by atoms with E-state index in [4.69, 9.17) is 32.2 Å². The Morgan fingerprint density at radius 2 is 0.800 bits per heavy atom. The van der Waals surface area contributed by atoms with Gasteiger partial charge in [-0.2, -0.15) is 0 Å². The number of carboxylic acid groups (broad SMARTS) is 1. The normalized spacial score (nSPS) is 24.6. The second-order valence-corrected chi connectivity index (χ2v) is 28.6. The SMILES string of the molecule is CC1CCC(N)CC1.CC1CCC(n2cccc(C(=O)O)c2=O)CC1.CC1CCC(n2cccc(NC(=O)OC(C)(C)C)c2=O)CC1.COC(=O)c1cccn(C2CCC(C)CC2)c1=O.COC(=O)c1cccoc1=O.Cl.NC1CCC(O)CC1.Nc1cccn(C2CCC(O)CC2)c1=O. The van der Waals surface area contributed by atoms with E-state index in [-0.39, 0.29) is 93.4 Å². The van der Waals surface area contributed by atoms with Gasteiger partial charge >= 0.3 is 29.6 Å². The number of carbonyl (C=O) groups is 4. The average molecular weight is 1420 g/mol. The molecule has 24 nitrogen and oxygen atoms in total. The van der Waals surface area contributed by atoms with Crippen molar-refractivity contribution in [3.8, 4) is 0 Å². The number of halogens is 1. The summed E-state index contributed by atoms with van der Waals surface area (Å²) < 4.78 is 25.3. The molecule has 556 valence electrons. The zero-order valence-electron chi connectivity index (χ0n) is 60.1. The molecule has 100 heavy (non-hydrogen) atoms. The maximum atomic E-state index is 12.5. The number of rotatable bonds is 8. The van der Waals surface area contributed by atoms with Gasteiger partial charge in [0.25, 0.3) is 22.2 Å². The van der Waals surface area contributed by atoms with Gasteiger partial charge < -0.3 is 69.4 Å². The highest BCUT2D eigenvalue weighted by atomic mass is 35.5. The van der Waals surface area contributed by atoms with Crippen LogP contribution in [0.4, 0.5) is 16.2 Å². The number of esters is 2. The van der Waals surface area contributed by atoms with Crippen LogP contribution in [-0.4, -0.2) is 102 Å². The number of hydrogen-bond donors (Lipinski definition) is 7. The van der Waals surface area contributed by atoms with Gasteiger partial charge in [0.15, 0.2) is 0 Å². The summed E-state index contributed by atoms with van der Waals surface area (Å²) in [5.41, 5.74) is 15.2. The number of nitrogen functional groups attached to an aromatic ring is 1. The first-order valence-corrected chi connectivity index (χ1v) is 35.4. The summed E-state index contributed by atoms with van der Waals surface area (Å²) in [6.45, 7) is 14.4. The van der Waals surface area contributed by atoms with Crippen LogP contribution in [0, 0.1) is 23.7 Å². The van der Waals surface area contributed by atoms with Crippen LogP contribution in [0.25, 0.3) is 0 Å². The minimum absolute atomic E-state index is 0. The number of nitrogens with zero attached hydrogens (tertiary/aromatic N) is 4. The molecule has 5 heterocycles. The Kier molecular flexibility index (Phi) is 36.1. The number of ether oxygens (including phenoxy) is 3. The predicted octanol–water partition coefficient (Wildman–Crippen LogP) is 12.2. The van der Waals surface area contributed by atoms with Gasteiger partial charge in [-0.25, -0.2) is 24.0 Å². The summed E-state index contributed by atoms with van der Waals surface area (Å²) in [5, 5.41) is 29.8. The number of aromatic carboxylic acids is 1. The molecule has 0 unspecified atom stereocenters. The zero-order chi connectivity index (χ0) is 72.9. The molecule has 6 saturated carbocycles. The number of pyridine rings is 4. The standard InChI is InChI=1S/C17H26N2O3.C14H19NO3.C13H17NO3.C11H16N2O2.C7H15N.C7H6O4.C6H13NO.ClH/c1-12-7-9-13(10-8-12)19-11-5-6-14(15(19)20)18-16(21)22-17(2,3)4;1-10-5-7-11(8-6-10)15-9-3-4-12(13(15)16)14(17)18-2;1-9-4-6-10(7-5-9)14-8-2-3-11(12(14)15)13(16)17;12-10-2-1-7-13(11(10)15)8-3-5-9(14)6-4-8;1-6-2-4-7(8)5-3-6;1-10-6(8)5-3-2-4-11-7(5)9;7-5-1-3-6(8)4-2-5;/h5-6,11-13H,7-10H2,1-4H3,(H,18,21);3-4,9-11H,5-8H2,1-2H3;2-3,8-10H,4-7H2,1H3,(H,16,17);1-2,7-9,14H,3-6,12H2;6-7H,2-5,8H2,1H3;2-4H,1H3;5-6,8H,1-4,7H2;1H. The molecule has 6 aliphatic rings. The first kappa shape index (κ1) is 84.8. The van der Waals surface area contributed by atoms with Crippen molar-refractivity contribution in [2.75, 3.05) is 25.3 Å². The van der Waals surface area contributed by atoms with E-state index in [9.17, 15) is 48.3 Å². The van der Waals surface area contributed by atoms with Gasteiger partial charge in [0.05, 0.1) is 38.4 Å². The highest BCUT2D eigenvalue weighted by Gasteiger charge is 2.27. The Bertz CT molecular complexity index is 3570. The second-order valence-electron chi connectivity index (χ2n) is 28.6. The molecule has 0 radical (unpaired) electrons. The fraction of sp³-hybridized carbons (Fsp3) is 0.613. The number of aliphatic hydroxyl groups excluding tert-OH is 2. The Morgan fingerprint density at radius 3 is 1.19 bits per heavy atom. The van der Waals surface area contributed by atoms with Crippen LogP contribution in [0.3, 0.4) is 0 Å². The summed E-state index contributed by atoms with van der Waals surface area (Å²) in [5.74, 6) is 0.738. The monoisotopic (exact) mass is 1420 g/mol. The number of methoxy groups -OCH3 is 2. The molecule has 0 saturated heterocycles. The van der Waals surface area contributed by atoms with Gasteiger partial charge in [-0.05, 0) is 259 Å². The number of nitrogens with two attached hydrogens (primary N) is 3. The van der Waals surface area contributed by atoms with Gasteiger partial charge in [-0.1, -0.05) is 27.7 Å². The fourth-order valence-electron chi connectivity index (χ4n) is 13.1. The molecule has 0 spiro atoms. The van der Waals surface area contributed by atoms with Crippen molar-refractivity contribution in [3.63, 3.8) is 0 Å². The van der Waals surface area contributed by atoms with E-state index in [2.05, 4.69) is 46.9 Å². The van der Waals surface area contributed by atoms with Crippen molar-refractivity contribution < 1.29 is 53.1 Å². The number of nitrogens with one attached hydrogen (secondary N) is 1. The van der Waals surface area contributed by atoms with Crippen molar-refractivity contribution in [1.82, 2.24) is 18.3 Å². The predicted molar refractivity (Wildman–Crippen MR) is 391 cm³/mol. The Morgan fingerprint density at radius 1 is 0.470 bits per heavy atom. The van der Waals surface area contributed by atoms with E-state index in [0.717, 1.165) is 146 Å². The van der Waals surface area contributed by atoms with Crippen LogP contribution < -0.4 is 50.4 Å². The van der Waals surface area contributed by atoms with E-state index in [1.807, 2.05) is 6.20 Å². The van der Waals surface area contributed by atoms with Crippen molar-refractivity contribution in [3.05, 3.63) is 160 Å². The van der Waals surface area contributed by atoms with Crippen molar-refractivity contribution in [2.45, 2.75) is 257 Å². The minimum Gasteiger partial charge on any atom is -0.477 e. The molecule has 0 aromatic carbocycles. The van der Waals surface area contributed by atoms with Crippen LogP contribution in [0.15, 0.2) is 120 Å². The van der Waals surface area contributed by atoms with Crippen molar-refractivity contribution in [1.29, 1.82) is 0 Å². The van der Waals surface area contributed by atoms with E-state index in [0.29, 0.717) is 23.7 Å². The maximum absolute atomic E-state index is 12.5. The van der Waals surface area contributed by atoms with Gasteiger partial charge in [0.2, 0.25) is 0 Å². The van der Waals surface area contributed by atoms with Crippen LogP contribution >= 0.6 is 12.4 Å². The quantitative estimate of drug-likeness (QED) is 0.0560. The summed E-state index contributed by atoms with van der Waals surface area (Å²) in [6, 6.07) is 17.6. The lowest BCUT2D eigenvalue weighted by molar-refractivity contribution is 0.0587. The van der Waals surface area contributed by atoms with Crippen molar-refractivity contribution >= 4 is 47.8 Å². The van der Waals surface area contributed by atoms with Crippen LogP contribution in [-0.2, 0) is 14.2 Å². The van der Waals surface area contributed by atoms with E-state index in [1.165, 1.54) is 70.4 Å². The molecule has 25 heteroatoms. The maximum Gasteiger partial charge on any atom is 0.412 e. The molecule has 10 N–H and O–H groups in total. The first-order valence-electron chi connectivity index (χ1n) is 35.4. The lowest BCUT2D eigenvalue weighted by atomic mass is 9.87. The molecule has 0 aliphatic heterocycles. The minimum atomic E-state index is -1.14. The highest BCUT2D eigenvalue weighted by Crippen LogP contribution is 2.34. The van der Waals surface area contributed by atoms with Crippen LogP contribution in [0.1, 0.15) is 258 Å². The third-order valence-corrected chi connectivity index (χ3v) is 19.3. The summed E-state index contributed by atoms with van der Waals surface area (Å²) in [6.07, 6.45) is 32.4. The topological polar surface area (TPSA) is 365 Å². The molecule has 0 bridgehead atoms.